The topological polar surface area (TPSA) is 49.3 Å². The highest BCUT2D eigenvalue weighted by Gasteiger charge is 2.41. The van der Waals surface area contributed by atoms with Gasteiger partial charge in [0.25, 0.3) is 0 Å². The highest BCUT2D eigenvalue weighted by atomic mass is 19.4. The Bertz CT molecular complexity index is 750. The quantitative estimate of drug-likeness (QED) is 0.822. The number of anilines is 1. The first-order valence-corrected chi connectivity index (χ1v) is 7.93. The van der Waals surface area contributed by atoms with Crippen LogP contribution in [0.3, 0.4) is 0 Å². The summed E-state index contributed by atoms with van der Waals surface area (Å²) in [5.74, 6) is -2.15. The second kappa shape index (κ2) is 6.34. The Labute approximate surface area is 137 Å². The fraction of sp³-hybridized carbons (Fsp3) is 0.389. The Hall–Kier alpha value is -2.24. The first-order chi connectivity index (χ1) is 11.3. The predicted octanol–water partition coefficient (Wildman–Crippen LogP) is 5.07. The van der Waals surface area contributed by atoms with Crippen LogP contribution in [0.15, 0.2) is 36.4 Å². The van der Waals surface area contributed by atoms with Gasteiger partial charge in [0.2, 0.25) is 0 Å². The van der Waals surface area contributed by atoms with Crippen LogP contribution in [-0.4, -0.2) is 23.3 Å². The molecule has 3 nitrogen and oxygen atoms in total. The van der Waals surface area contributed by atoms with Crippen molar-refractivity contribution in [2.75, 3.05) is 5.32 Å². The summed E-state index contributed by atoms with van der Waals surface area (Å²) in [6.07, 6.45) is -2.76. The third-order valence-electron chi connectivity index (χ3n) is 4.65. The van der Waals surface area contributed by atoms with E-state index in [4.69, 9.17) is 5.11 Å². The first-order valence-electron chi connectivity index (χ1n) is 7.93. The number of benzene rings is 2. The van der Waals surface area contributed by atoms with E-state index in [0.29, 0.717) is 12.8 Å². The molecule has 0 saturated heterocycles. The molecule has 1 aliphatic rings. The van der Waals surface area contributed by atoms with Crippen molar-refractivity contribution in [3.05, 3.63) is 42.0 Å². The number of rotatable bonds is 3. The SMILES string of the molecule is O=C(O)c1ccc2cc(NC3CCC(C(F)(F)F)CC3)ccc2c1. The molecule has 2 aromatic rings. The van der Waals surface area contributed by atoms with E-state index < -0.39 is 18.1 Å². The predicted molar refractivity (Wildman–Crippen MR) is 86.3 cm³/mol. The standard InChI is InChI=1S/C18H18F3NO2/c19-18(20,21)14-4-7-15(8-5-14)22-16-6-3-11-9-13(17(23)24)2-1-12(11)10-16/h1-3,6,9-10,14-15,22H,4-5,7-8H2,(H,23,24). The smallest absolute Gasteiger partial charge is 0.391 e. The van der Waals surface area contributed by atoms with Crippen LogP contribution in [0.4, 0.5) is 18.9 Å². The second-order valence-electron chi connectivity index (χ2n) is 6.32. The summed E-state index contributed by atoms with van der Waals surface area (Å²) in [6.45, 7) is 0. The Morgan fingerprint density at radius 2 is 1.62 bits per heavy atom. The molecule has 0 amide bonds. The molecule has 0 aromatic heterocycles. The first kappa shape index (κ1) is 16.6. The number of hydrogen-bond acceptors (Lipinski definition) is 2. The van der Waals surface area contributed by atoms with Gasteiger partial charge in [-0.1, -0.05) is 12.1 Å². The largest absolute Gasteiger partial charge is 0.478 e. The number of hydrogen-bond donors (Lipinski definition) is 2. The zero-order valence-electron chi connectivity index (χ0n) is 12.9. The highest BCUT2D eigenvalue weighted by Crippen LogP contribution is 2.38. The van der Waals surface area contributed by atoms with Crippen LogP contribution in [-0.2, 0) is 0 Å². The van der Waals surface area contributed by atoms with E-state index in [1.54, 1.807) is 18.2 Å². The summed E-state index contributed by atoms with van der Waals surface area (Å²) < 4.78 is 38.1. The lowest BCUT2D eigenvalue weighted by molar-refractivity contribution is -0.182. The van der Waals surface area contributed by atoms with E-state index in [-0.39, 0.29) is 24.4 Å². The van der Waals surface area contributed by atoms with E-state index >= 15 is 0 Å². The molecular formula is C18H18F3NO2. The zero-order chi connectivity index (χ0) is 17.3. The minimum Gasteiger partial charge on any atom is -0.478 e. The normalized spacial score (nSPS) is 21.6. The number of alkyl halides is 3. The van der Waals surface area contributed by atoms with E-state index in [2.05, 4.69) is 5.32 Å². The van der Waals surface area contributed by atoms with E-state index in [1.165, 1.54) is 0 Å². The van der Waals surface area contributed by atoms with Crippen molar-refractivity contribution < 1.29 is 23.1 Å². The Morgan fingerprint density at radius 1 is 1.00 bits per heavy atom. The van der Waals surface area contributed by atoms with E-state index in [0.717, 1.165) is 16.5 Å². The van der Waals surface area contributed by atoms with Crippen molar-refractivity contribution in [3.8, 4) is 0 Å². The number of carboxylic acid groups (broad SMARTS) is 1. The van der Waals surface area contributed by atoms with Gasteiger partial charge in [-0.2, -0.15) is 13.2 Å². The average Bonchev–Trinajstić information content (AvgIpc) is 2.54. The summed E-state index contributed by atoms with van der Waals surface area (Å²) in [7, 11) is 0. The molecule has 0 aliphatic heterocycles. The van der Waals surface area contributed by atoms with Gasteiger partial charge in [-0.15, -0.1) is 0 Å². The monoisotopic (exact) mass is 337 g/mol. The lowest BCUT2D eigenvalue weighted by Gasteiger charge is -2.30. The molecule has 1 aliphatic carbocycles. The number of carboxylic acids is 1. The van der Waals surface area contributed by atoms with Gasteiger partial charge in [-0.3, -0.25) is 0 Å². The summed E-state index contributed by atoms with van der Waals surface area (Å²) in [5.41, 5.74) is 1.08. The van der Waals surface area contributed by atoms with Gasteiger partial charge >= 0.3 is 12.1 Å². The van der Waals surface area contributed by atoms with Crippen molar-refractivity contribution in [2.24, 2.45) is 5.92 Å². The Morgan fingerprint density at radius 3 is 2.25 bits per heavy atom. The molecule has 1 saturated carbocycles. The molecule has 6 heteroatoms. The number of fused-ring (bicyclic) bond motifs is 1. The summed E-state index contributed by atoms with van der Waals surface area (Å²) in [5, 5.41) is 14.0. The molecule has 1 fully saturated rings. The van der Waals surface area contributed by atoms with E-state index in [1.807, 2.05) is 18.2 Å². The van der Waals surface area contributed by atoms with Gasteiger partial charge in [0, 0.05) is 11.7 Å². The molecule has 2 N–H and O–H groups in total. The van der Waals surface area contributed by atoms with Gasteiger partial charge < -0.3 is 10.4 Å². The Kier molecular flexibility index (Phi) is 4.39. The van der Waals surface area contributed by atoms with Crippen molar-refractivity contribution >= 4 is 22.4 Å². The zero-order valence-corrected chi connectivity index (χ0v) is 12.9. The third kappa shape index (κ3) is 3.63. The lowest BCUT2D eigenvalue weighted by atomic mass is 9.85. The summed E-state index contributed by atoms with van der Waals surface area (Å²) in [6, 6.07) is 10.5. The molecule has 128 valence electrons. The van der Waals surface area contributed by atoms with Crippen molar-refractivity contribution in [1.82, 2.24) is 0 Å². The van der Waals surface area contributed by atoms with Crippen LogP contribution in [0.25, 0.3) is 10.8 Å². The fourth-order valence-corrected chi connectivity index (χ4v) is 3.27. The minimum absolute atomic E-state index is 0.0411. The van der Waals surface area contributed by atoms with Crippen molar-refractivity contribution in [3.63, 3.8) is 0 Å². The molecule has 0 spiro atoms. The molecule has 0 heterocycles. The fourth-order valence-electron chi connectivity index (χ4n) is 3.27. The van der Waals surface area contributed by atoms with Gasteiger partial charge in [-0.05, 0) is 60.7 Å². The van der Waals surface area contributed by atoms with Gasteiger partial charge in [0.15, 0.2) is 0 Å². The number of carbonyl (C=O) groups is 1. The number of aromatic carboxylic acids is 1. The van der Waals surface area contributed by atoms with Gasteiger partial charge in [0.05, 0.1) is 11.5 Å². The second-order valence-corrected chi connectivity index (χ2v) is 6.32. The highest BCUT2D eigenvalue weighted by molar-refractivity contribution is 5.95. The van der Waals surface area contributed by atoms with Crippen LogP contribution in [0.1, 0.15) is 36.0 Å². The summed E-state index contributed by atoms with van der Waals surface area (Å²) >= 11 is 0. The lowest BCUT2D eigenvalue weighted by Crippen LogP contribution is -2.32. The average molecular weight is 337 g/mol. The minimum atomic E-state index is -4.09. The van der Waals surface area contributed by atoms with E-state index in [9.17, 15) is 18.0 Å². The molecular weight excluding hydrogens is 319 g/mol. The van der Waals surface area contributed by atoms with Crippen LogP contribution < -0.4 is 5.32 Å². The van der Waals surface area contributed by atoms with Crippen LogP contribution >= 0.6 is 0 Å². The molecule has 3 rings (SSSR count). The van der Waals surface area contributed by atoms with Crippen LogP contribution in [0.2, 0.25) is 0 Å². The number of nitrogens with one attached hydrogen (secondary N) is 1. The summed E-state index contributed by atoms with van der Waals surface area (Å²) in [4.78, 5) is 11.0. The van der Waals surface area contributed by atoms with Crippen molar-refractivity contribution in [1.29, 1.82) is 0 Å². The maximum atomic E-state index is 12.7. The molecule has 24 heavy (non-hydrogen) atoms. The van der Waals surface area contributed by atoms with Crippen molar-refractivity contribution in [2.45, 2.75) is 37.9 Å². The molecule has 2 aromatic carbocycles. The van der Waals surface area contributed by atoms with Gasteiger partial charge in [-0.25, -0.2) is 4.79 Å². The molecule has 0 unspecified atom stereocenters. The Balaban J connectivity index is 1.68. The molecule has 0 atom stereocenters. The van der Waals surface area contributed by atoms with Gasteiger partial charge in [0.1, 0.15) is 0 Å². The third-order valence-corrected chi connectivity index (χ3v) is 4.65. The van der Waals surface area contributed by atoms with Crippen LogP contribution in [0, 0.1) is 5.92 Å². The number of halogens is 3. The molecule has 0 bridgehead atoms. The maximum absolute atomic E-state index is 12.7. The molecule has 0 radical (unpaired) electrons. The van der Waals surface area contributed by atoms with Crippen LogP contribution in [0.5, 0.6) is 0 Å². The maximum Gasteiger partial charge on any atom is 0.391 e.